The van der Waals surface area contributed by atoms with Gasteiger partial charge in [0.1, 0.15) is 6.67 Å². The van der Waals surface area contributed by atoms with Crippen LogP contribution in [-0.4, -0.2) is 59.7 Å². The van der Waals surface area contributed by atoms with Gasteiger partial charge < -0.3 is 18.7 Å². The Labute approximate surface area is 157 Å². The summed E-state index contributed by atoms with van der Waals surface area (Å²) in [6.07, 6.45) is -2.66. The fraction of sp³-hybridized carbons (Fsp3) is 1.00. The van der Waals surface area contributed by atoms with Crippen LogP contribution in [0.3, 0.4) is 0 Å². The highest BCUT2D eigenvalue weighted by Gasteiger charge is 2.57. The van der Waals surface area contributed by atoms with Crippen molar-refractivity contribution in [3.05, 3.63) is 0 Å². The monoisotopic (exact) mass is 424 g/mol. The van der Waals surface area contributed by atoms with Crippen LogP contribution in [0.1, 0.15) is 25.7 Å². The fourth-order valence-electron chi connectivity index (χ4n) is 3.40. The van der Waals surface area contributed by atoms with Crippen LogP contribution in [0.15, 0.2) is 0 Å². The number of aliphatic hydroxyl groups is 1. The van der Waals surface area contributed by atoms with Gasteiger partial charge in [-0.25, -0.2) is 4.39 Å². The van der Waals surface area contributed by atoms with E-state index in [-0.39, 0.29) is 5.92 Å². The van der Waals surface area contributed by atoms with Crippen molar-refractivity contribution in [2.24, 2.45) is 17.8 Å². The van der Waals surface area contributed by atoms with Crippen molar-refractivity contribution in [2.75, 3.05) is 27.7 Å². The van der Waals surface area contributed by atoms with Crippen LogP contribution in [0.25, 0.3) is 0 Å². The minimum absolute atomic E-state index is 0.0686. The van der Waals surface area contributed by atoms with E-state index in [1.54, 1.807) is 14.2 Å². The number of hydrogen-bond acceptors (Lipinski definition) is 5. The van der Waals surface area contributed by atoms with E-state index in [2.05, 4.69) is 4.74 Å². The minimum atomic E-state index is -5.58. The molecule has 5 nitrogen and oxygen atoms in total. The van der Waals surface area contributed by atoms with Crippen LogP contribution < -0.4 is 0 Å². The first-order valence-corrected chi connectivity index (χ1v) is 11.6. The summed E-state index contributed by atoms with van der Waals surface area (Å²) in [4.78, 5) is 0. The second-order valence-electron chi connectivity index (χ2n) is 7.33. The zero-order chi connectivity index (χ0) is 20.9. The number of alkyl halides is 5. The molecule has 2 saturated carbocycles. The molecule has 0 amide bonds. The molecular formula is C16H29F5O5Si. The quantitative estimate of drug-likeness (QED) is 0.364. The van der Waals surface area contributed by atoms with Crippen LogP contribution in [0, 0.1) is 17.8 Å². The van der Waals surface area contributed by atoms with E-state index in [9.17, 15) is 22.0 Å². The molecule has 2 bridgehead atoms. The minimum Gasteiger partial charge on any atom is -0.398 e. The molecule has 0 aromatic heterocycles. The molecule has 2 fully saturated rings. The zero-order valence-corrected chi connectivity index (χ0v) is 17.0. The zero-order valence-electron chi connectivity index (χ0n) is 16.0. The second kappa shape index (κ2) is 9.93. The predicted octanol–water partition coefficient (Wildman–Crippen LogP) is 3.91. The molecule has 0 spiro atoms. The third kappa shape index (κ3) is 7.21. The summed E-state index contributed by atoms with van der Waals surface area (Å²) in [5.41, 5.74) is 0. The second-order valence-corrected chi connectivity index (χ2v) is 10.9. The van der Waals surface area contributed by atoms with E-state index in [0.717, 1.165) is 25.7 Å². The average Bonchev–Trinajstić information content (AvgIpc) is 3.21. The Kier molecular flexibility index (Phi) is 9.08. The summed E-state index contributed by atoms with van der Waals surface area (Å²) in [6, 6.07) is -4.78. The topological polar surface area (TPSA) is 57.2 Å². The maximum atomic E-state index is 12.9. The molecule has 5 unspecified atom stereocenters. The van der Waals surface area contributed by atoms with E-state index >= 15 is 0 Å². The lowest BCUT2D eigenvalue weighted by molar-refractivity contribution is -0.439. The van der Waals surface area contributed by atoms with Gasteiger partial charge in [-0.15, -0.1) is 0 Å². The third-order valence-electron chi connectivity index (χ3n) is 5.29. The molecule has 27 heavy (non-hydrogen) atoms. The Morgan fingerprint density at radius 2 is 1.67 bits per heavy atom. The molecule has 1 N–H and O–H groups in total. The highest BCUT2D eigenvalue weighted by molar-refractivity contribution is 6.64. The average molecular weight is 424 g/mol. The van der Waals surface area contributed by atoms with Gasteiger partial charge in [0.25, 0.3) is 0 Å². The maximum Gasteiger partial charge on any atom is 0.477 e. The summed E-state index contributed by atoms with van der Waals surface area (Å²) in [7, 11) is 1.70. The molecule has 0 heterocycles. The lowest BCUT2D eigenvalue weighted by Crippen LogP contribution is -2.44. The molecule has 0 aromatic carbocycles. The van der Waals surface area contributed by atoms with Gasteiger partial charge in [-0.2, -0.15) is 17.6 Å². The highest BCUT2D eigenvalue weighted by atomic mass is 28.4. The lowest BCUT2D eigenvalue weighted by Gasteiger charge is -2.29. The maximum absolute atomic E-state index is 12.9. The first-order chi connectivity index (χ1) is 12.4. The van der Waals surface area contributed by atoms with E-state index < -0.39 is 40.3 Å². The van der Waals surface area contributed by atoms with Crippen molar-refractivity contribution in [3.63, 3.8) is 0 Å². The number of rotatable bonds is 8. The van der Waals surface area contributed by atoms with Crippen molar-refractivity contribution in [1.29, 1.82) is 0 Å². The first-order valence-electron chi connectivity index (χ1n) is 8.76. The molecule has 2 rings (SSSR count). The van der Waals surface area contributed by atoms with Gasteiger partial charge in [0.2, 0.25) is 0 Å². The fourth-order valence-corrected chi connectivity index (χ4v) is 3.56. The normalized spacial score (nSPS) is 28.4. The number of halogens is 5. The molecule has 0 aromatic rings. The predicted molar refractivity (Wildman–Crippen MR) is 89.4 cm³/mol. The van der Waals surface area contributed by atoms with E-state index in [4.69, 9.17) is 18.7 Å². The Morgan fingerprint density at radius 1 is 1.07 bits per heavy atom. The largest absolute Gasteiger partial charge is 0.477 e. The van der Waals surface area contributed by atoms with Crippen LogP contribution in [0.5, 0.6) is 0 Å². The molecule has 11 heteroatoms. The van der Waals surface area contributed by atoms with Crippen LogP contribution >= 0.6 is 0 Å². The van der Waals surface area contributed by atoms with Gasteiger partial charge in [0, 0.05) is 14.2 Å². The molecule has 0 saturated heterocycles. The third-order valence-corrected chi connectivity index (χ3v) is 7.25. The van der Waals surface area contributed by atoms with Crippen molar-refractivity contribution in [1.82, 2.24) is 0 Å². The summed E-state index contributed by atoms with van der Waals surface area (Å²) in [5, 5.41) is 8.42. The summed E-state index contributed by atoms with van der Waals surface area (Å²) in [6.45, 7) is 1.98. The number of hydrogen-bond donors (Lipinski definition) is 1. The molecule has 162 valence electrons. The van der Waals surface area contributed by atoms with E-state index in [0.29, 0.717) is 11.8 Å². The van der Waals surface area contributed by atoms with Gasteiger partial charge in [-0.3, -0.25) is 4.74 Å². The van der Waals surface area contributed by atoms with E-state index in [1.807, 2.05) is 13.1 Å². The molecule has 0 aliphatic heterocycles. The van der Waals surface area contributed by atoms with Crippen molar-refractivity contribution in [2.45, 2.75) is 57.1 Å². The van der Waals surface area contributed by atoms with Crippen LogP contribution in [0.4, 0.5) is 22.0 Å². The standard InChI is InChI=1S/C12H17F5O3.C4H12O2Si/c13-5-10(9-4-7-1-2-8(9)3-7)19-6-20-12(17,18)11(14,15)16;1-5-7(3,4)6-2/h7-10,18H,1-6H2;1-4H3. The van der Waals surface area contributed by atoms with Crippen LogP contribution in [-0.2, 0) is 18.3 Å². The Hall–Kier alpha value is -0.333. The van der Waals surface area contributed by atoms with Crippen molar-refractivity contribution < 1.29 is 45.4 Å². The van der Waals surface area contributed by atoms with E-state index in [1.165, 1.54) is 0 Å². The van der Waals surface area contributed by atoms with Crippen molar-refractivity contribution in [3.8, 4) is 0 Å². The Bertz CT molecular complexity index is 443. The summed E-state index contributed by atoms with van der Waals surface area (Å²) in [5.74, 6) is 0.769. The van der Waals surface area contributed by atoms with Crippen LogP contribution in [0.2, 0.25) is 13.1 Å². The van der Waals surface area contributed by atoms with Gasteiger partial charge in [-0.05, 0) is 50.1 Å². The van der Waals surface area contributed by atoms with Gasteiger partial charge >= 0.3 is 20.8 Å². The molecule has 2 aliphatic carbocycles. The summed E-state index contributed by atoms with van der Waals surface area (Å²) >= 11 is 0. The highest BCUT2D eigenvalue weighted by Crippen LogP contribution is 2.50. The lowest BCUT2D eigenvalue weighted by atomic mass is 9.85. The van der Waals surface area contributed by atoms with Gasteiger partial charge in [0.05, 0.1) is 6.10 Å². The number of fused-ring (bicyclic) bond motifs is 2. The smallest absolute Gasteiger partial charge is 0.398 e. The SMILES string of the molecule is CO[Si](C)(C)OC.OC(F)(OCOC(CF)C1CC2CCC1C2)C(F)(F)F. The first kappa shape index (κ1) is 24.7. The van der Waals surface area contributed by atoms with Gasteiger partial charge in [0.15, 0.2) is 6.79 Å². The molecule has 0 radical (unpaired) electrons. The summed E-state index contributed by atoms with van der Waals surface area (Å²) < 4.78 is 80.1. The molecular weight excluding hydrogens is 395 g/mol. The molecule has 2 aliphatic rings. The number of ether oxygens (including phenoxy) is 2. The Morgan fingerprint density at radius 3 is 2.00 bits per heavy atom. The van der Waals surface area contributed by atoms with Crippen molar-refractivity contribution >= 4 is 8.56 Å². The Balaban J connectivity index is 0.000000445. The van der Waals surface area contributed by atoms with Gasteiger partial charge in [-0.1, -0.05) is 6.42 Å². The molecule has 5 atom stereocenters.